The van der Waals surface area contributed by atoms with Crippen LogP contribution in [0.1, 0.15) is 5.56 Å². The van der Waals surface area contributed by atoms with Gasteiger partial charge in [0.15, 0.2) is 17.3 Å². The van der Waals surface area contributed by atoms with Crippen LogP contribution < -0.4 is 24.3 Å². The normalized spacial score (nSPS) is 11.8. The van der Waals surface area contributed by atoms with Gasteiger partial charge in [-0.1, -0.05) is 35.1 Å². The van der Waals surface area contributed by atoms with E-state index in [0.717, 1.165) is 0 Å². The van der Waals surface area contributed by atoms with Crippen molar-refractivity contribution in [2.75, 3.05) is 21.3 Å². The lowest BCUT2D eigenvalue weighted by Gasteiger charge is -2.13. The van der Waals surface area contributed by atoms with Gasteiger partial charge in [0.25, 0.3) is 5.56 Å². The predicted molar refractivity (Wildman–Crippen MR) is 112 cm³/mol. The fourth-order valence-electron chi connectivity index (χ4n) is 3.06. The van der Waals surface area contributed by atoms with Crippen LogP contribution in [0.2, 0.25) is 5.02 Å². The topological polar surface area (TPSA) is 75.0 Å². The van der Waals surface area contributed by atoms with E-state index in [1.807, 2.05) is 12.1 Å². The van der Waals surface area contributed by atoms with Crippen LogP contribution in [0.15, 0.2) is 41.2 Å². The molecular weight excluding hydrogens is 414 g/mol. The third-order valence-electron chi connectivity index (χ3n) is 4.38. The lowest BCUT2D eigenvalue weighted by atomic mass is 10.1. The molecule has 0 N–H and O–H groups in total. The summed E-state index contributed by atoms with van der Waals surface area (Å²) in [5, 5.41) is 8.78. The fourth-order valence-corrected chi connectivity index (χ4v) is 4.18. The molecule has 9 heteroatoms. The lowest BCUT2D eigenvalue weighted by molar-refractivity contribution is 0.324. The van der Waals surface area contributed by atoms with Crippen LogP contribution in [0.3, 0.4) is 0 Å². The number of rotatable bonds is 5. The van der Waals surface area contributed by atoms with Gasteiger partial charge in [0.1, 0.15) is 0 Å². The molecule has 2 aromatic carbocycles. The maximum Gasteiger partial charge on any atom is 0.276 e. The summed E-state index contributed by atoms with van der Waals surface area (Å²) in [7, 11) is 4.62. The van der Waals surface area contributed by atoms with E-state index >= 15 is 0 Å². The molecule has 0 aliphatic rings. The monoisotopic (exact) mass is 429 g/mol. The van der Waals surface area contributed by atoms with Gasteiger partial charge in [-0.05, 0) is 30.3 Å². The summed E-state index contributed by atoms with van der Waals surface area (Å²) >= 11 is 7.51. The van der Waals surface area contributed by atoms with E-state index < -0.39 is 0 Å². The van der Waals surface area contributed by atoms with E-state index in [0.29, 0.717) is 48.7 Å². The second-order valence-electron chi connectivity index (χ2n) is 5.96. The maximum atomic E-state index is 13.1. The standard InChI is InChI=1S/C20H16ClN3O4S/c1-26-14-9-8-11(16(27-2)17(14)28-3)10-15-19(25)24-18(22-23-20(24)29-15)12-6-4-5-7-13(12)21/h4-10H,1-3H3/b15-10-. The maximum absolute atomic E-state index is 13.1. The molecule has 0 aliphatic carbocycles. The first-order valence-corrected chi connectivity index (χ1v) is 9.72. The average molecular weight is 430 g/mol. The van der Waals surface area contributed by atoms with Gasteiger partial charge in [0.2, 0.25) is 10.7 Å². The Hall–Kier alpha value is -3.10. The quantitative estimate of drug-likeness (QED) is 0.485. The van der Waals surface area contributed by atoms with E-state index in [1.165, 1.54) is 30.0 Å². The summed E-state index contributed by atoms with van der Waals surface area (Å²) in [5.41, 5.74) is 1.09. The first-order valence-electron chi connectivity index (χ1n) is 8.52. The van der Waals surface area contributed by atoms with E-state index in [9.17, 15) is 4.79 Å². The minimum Gasteiger partial charge on any atom is -0.493 e. The second-order valence-corrected chi connectivity index (χ2v) is 7.38. The van der Waals surface area contributed by atoms with Crippen molar-refractivity contribution in [3.8, 4) is 28.6 Å². The summed E-state index contributed by atoms with van der Waals surface area (Å²) in [6, 6.07) is 10.8. The molecule has 0 saturated heterocycles. The molecule has 0 saturated carbocycles. The van der Waals surface area contributed by atoms with Crippen molar-refractivity contribution in [3.63, 3.8) is 0 Å². The third kappa shape index (κ3) is 3.20. The minimum atomic E-state index is -0.234. The highest BCUT2D eigenvalue weighted by atomic mass is 35.5. The number of halogens is 1. The number of ether oxygens (including phenoxy) is 3. The minimum absolute atomic E-state index is 0.234. The van der Waals surface area contributed by atoms with Crippen LogP contribution in [0.4, 0.5) is 0 Å². The molecule has 2 heterocycles. The highest BCUT2D eigenvalue weighted by Crippen LogP contribution is 2.40. The highest BCUT2D eigenvalue weighted by Gasteiger charge is 2.18. The first-order chi connectivity index (χ1) is 14.1. The van der Waals surface area contributed by atoms with Crippen LogP contribution in [0, 0.1) is 0 Å². The number of benzene rings is 2. The lowest BCUT2D eigenvalue weighted by Crippen LogP contribution is -2.23. The van der Waals surface area contributed by atoms with Crippen molar-refractivity contribution in [1.29, 1.82) is 0 Å². The Balaban J connectivity index is 1.93. The Morgan fingerprint density at radius 2 is 1.76 bits per heavy atom. The Bertz CT molecular complexity index is 1320. The van der Waals surface area contributed by atoms with Crippen molar-refractivity contribution in [1.82, 2.24) is 14.6 Å². The molecule has 2 aromatic heterocycles. The summed E-state index contributed by atoms with van der Waals surface area (Å²) in [6.07, 6.45) is 1.73. The smallest absolute Gasteiger partial charge is 0.276 e. The van der Waals surface area contributed by atoms with Gasteiger partial charge in [-0.15, -0.1) is 10.2 Å². The zero-order valence-corrected chi connectivity index (χ0v) is 17.4. The fraction of sp³-hybridized carbons (Fsp3) is 0.150. The van der Waals surface area contributed by atoms with Crippen molar-refractivity contribution in [2.45, 2.75) is 0 Å². The largest absolute Gasteiger partial charge is 0.493 e. The zero-order valence-electron chi connectivity index (χ0n) is 15.8. The molecule has 0 aliphatic heterocycles. The molecule has 4 rings (SSSR count). The third-order valence-corrected chi connectivity index (χ3v) is 5.67. The molecular formula is C20H16ClN3O4S. The molecule has 29 heavy (non-hydrogen) atoms. The van der Waals surface area contributed by atoms with Crippen LogP contribution in [0.25, 0.3) is 22.4 Å². The van der Waals surface area contributed by atoms with Gasteiger partial charge in [-0.2, -0.15) is 0 Å². The molecule has 0 atom stereocenters. The number of hydrogen-bond acceptors (Lipinski definition) is 7. The highest BCUT2D eigenvalue weighted by molar-refractivity contribution is 7.15. The van der Waals surface area contributed by atoms with Crippen molar-refractivity contribution in [2.24, 2.45) is 0 Å². The number of methoxy groups -OCH3 is 3. The Labute approximate surface area is 174 Å². The van der Waals surface area contributed by atoms with E-state index in [1.54, 1.807) is 37.5 Å². The number of nitrogens with zero attached hydrogens (tertiary/aromatic N) is 3. The van der Waals surface area contributed by atoms with Gasteiger partial charge < -0.3 is 14.2 Å². The van der Waals surface area contributed by atoms with Gasteiger partial charge >= 0.3 is 0 Å². The number of fused-ring (bicyclic) bond motifs is 1. The molecule has 0 radical (unpaired) electrons. The molecule has 148 valence electrons. The molecule has 4 aromatic rings. The number of hydrogen-bond donors (Lipinski definition) is 0. The second kappa shape index (κ2) is 7.73. The SMILES string of the molecule is COc1ccc(/C=c2\sc3nnc(-c4ccccc4Cl)n3c2=O)c(OC)c1OC. The van der Waals surface area contributed by atoms with Crippen LogP contribution in [-0.2, 0) is 0 Å². The van der Waals surface area contributed by atoms with Crippen LogP contribution >= 0.6 is 22.9 Å². The Kier molecular flexibility index (Phi) is 5.12. The summed E-state index contributed by atoms with van der Waals surface area (Å²) < 4.78 is 18.2. The Morgan fingerprint density at radius 3 is 2.45 bits per heavy atom. The van der Waals surface area contributed by atoms with Gasteiger partial charge in [0.05, 0.1) is 30.9 Å². The summed E-state index contributed by atoms with van der Waals surface area (Å²) in [5.74, 6) is 1.87. The summed E-state index contributed by atoms with van der Waals surface area (Å²) in [4.78, 5) is 13.6. The Morgan fingerprint density at radius 1 is 1.00 bits per heavy atom. The molecule has 0 amide bonds. The van der Waals surface area contributed by atoms with E-state index in [2.05, 4.69) is 10.2 Å². The zero-order chi connectivity index (χ0) is 20.5. The molecule has 0 bridgehead atoms. The van der Waals surface area contributed by atoms with Crippen molar-refractivity contribution >= 4 is 34.0 Å². The summed E-state index contributed by atoms with van der Waals surface area (Å²) in [6.45, 7) is 0. The van der Waals surface area contributed by atoms with Gasteiger partial charge in [-0.25, -0.2) is 4.40 Å². The van der Waals surface area contributed by atoms with Crippen LogP contribution in [-0.4, -0.2) is 35.9 Å². The molecule has 0 spiro atoms. The number of thiazole rings is 1. The van der Waals surface area contributed by atoms with Gasteiger partial charge in [0, 0.05) is 11.1 Å². The van der Waals surface area contributed by atoms with Crippen LogP contribution in [0.5, 0.6) is 17.2 Å². The van der Waals surface area contributed by atoms with Crippen molar-refractivity contribution in [3.05, 3.63) is 61.9 Å². The number of aromatic nitrogens is 3. The average Bonchev–Trinajstić information content (AvgIpc) is 3.28. The van der Waals surface area contributed by atoms with E-state index in [-0.39, 0.29) is 5.56 Å². The molecule has 7 nitrogen and oxygen atoms in total. The van der Waals surface area contributed by atoms with E-state index in [4.69, 9.17) is 25.8 Å². The molecule has 0 unspecified atom stereocenters. The van der Waals surface area contributed by atoms with Gasteiger partial charge in [-0.3, -0.25) is 4.79 Å². The first kappa shape index (κ1) is 19.2. The molecule has 0 fully saturated rings. The van der Waals surface area contributed by atoms with Crippen molar-refractivity contribution < 1.29 is 14.2 Å². The predicted octanol–water partition coefficient (Wildman–Crippen LogP) is 3.04.